The zero-order valence-electron chi connectivity index (χ0n) is 12.0. The number of hydrogen-bond donors (Lipinski definition) is 0. The molecule has 0 bridgehead atoms. The average Bonchev–Trinajstić information content (AvgIpc) is 2.42. The zero-order valence-corrected chi connectivity index (χ0v) is 12.8. The first kappa shape index (κ1) is 14.6. The van der Waals surface area contributed by atoms with Gasteiger partial charge in [0.05, 0.1) is 29.4 Å². The molecule has 2 aromatic rings. The number of aryl methyl sites for hydroxylation is 2. The van der Waals surface area contributed by atoms with Crippen molar-refractivity contribution in [2.24, 2.45) is 0 Å². The molecule has 106 valence electrons. The van der Waals surface area contributed by atoms with Gasteiger partial charge < -0.3 is 4.74 Å². The number of hydrogen-bond acceptors (Lipinski definition) is 5. The van der Waals surface area contributed by atoms with E-state index in [0.29, 0.717) is 5.16 Å². The van der Waals surface area contributed by atoms with Crippen LogP contribution in [0.2, 0.25) is 0 Å². The van der Waals surface area contributed by atoms with E-state index in [0.717, 1.165) is 28.3 Å². The van der Waals surface area contributed by atoms with Crippen molar-refractivity contribution in [1.82, 2.24) is 15.0 Å². The molecule has 1 unspecified atom stereocenters. The van der Waals surface area contributed by atoms with Gasteiger partial charge in [-0.25, -0.2) is 9.97 Å². The molecule has 1 atom stereocenters. The van der Waals surface area contributed by atoms with Gasteiger partial charge in [0.1, 0.15) is 5.75 Å². The molecule has 0 saturated heterocycles. The largest absolute Gasteiger partial charge is 0.496 e. The van der Waals surface area contributed by atoms with Crippen LogP contribution in [0.5, 0.6) is 5.75 Å². The predicted molar refractivity (Wildman–Crippen MR) is 77.1 cm³/mol. The summed E-state index contributed by atoms with van der Waals surface area (Å²) < 4.78 is 17.7. The zero-order chi connectivity index (χ0) is 14.7. The molecule has 0 aliphatic heterocycles. The lowest BCUT2D eigenvalue weighted by Gasteiger charge is -2.11. The molecule has 0 aromatic carbocycles. The summed E-state index contributed by atoms with van der Waals surface area (Å²) in [6.07, 6.45) is 3.35. The smallest absolute Gasteiger partial charge is 0.219 e. The Morgan fingerprint density at radius 3 is 2.65 bits per heavy atom. The van der Waals surface area contributed by atoms with Gasteiger partial charge in [0.15, 0.2) is 0 Å². The third-order valence-corrected chi connectivity index (χ3v) is 4.13. The van der Waals surface area contributed by atoms with Crippen LogP contribution in [-0.2, 0) is 16.6 Å². The van der Waals surface area contributed by atoms with Crippen LogP contribution >= 0.6 is 0 Å². The molecule has 0 spiro atoms. The van der Waals surface area contributed by atoms with Gasteiger partial charge in [0.25, 0.3) is 0 Å². The minimum atomic E-state index is -1.31. The number of ether oxygens (including phenoxy) is 1. The molecule has 0 aliphatic carbocycles. The van der Waals surface area contributed by atoms with Crippen molar-refractivity contribution < 1.29 is 8.95 Å². The highest BCUT2D eigenvalue weighted by Gasteiger charge is 2.14. The number of methoxy groups -OCH3 is 1. The molecule has 0 aliphatic rings. The predicted octanol–water partition coefficient (Wildman–Crippen LogP) is 2.11. The van der Waals surface area contributed by atoms with Crippen molar-refractivity contribution in [1.29, 1.82) is 0 Å². The van der Waals surface area contributed by atoms with Crippen LogP contribution in [0.15, 0.2) is 23.6 Å². The second-order valence-electron chi connectivity index (χ2n) is 4.52. The molecule has 2 rings (SSSR count). The summed E-state index contributed by atoms with van der Waals surface area (Å²) >= 11 is 0. The fourth-order valence-electron chi connectivity index (χ4n) is 1.94. The van der Waals surface area contributed by atoms with Crippen molar-refractivity contribution in [3.05, 3.63) is 41.0 Å². The molecular weight excluding hydrogens is 274 g/mol. The maximum absolute atomic E-state index is 12.3. The van der Waals surface area contributed by atoms with Gasteiger partial charge in [-0.1, -0.05) is 0 Å². The summed E-state index contributed by atoms with van der Waals surface area (Å²) in [5, 5.41) is 0.339. The minimum absolute atomic E-state index is 0.284. The fourth-order valence-corrected chi connectivity index (χ4v) is 3.03. The van der Waals surface area contributed by atoms with Crippen LogP contribution in [0.4, 0.5) is 0 Å². The van der Waals surface area contributed by atoms with E-state index in [1.54, 1.807) is 25.6 Å². The first-order valence-electron chi connectivity index (χ1n) is 6.20. The van der Waals surface area contributed by atoms with E-state index >= 15 is 0 Å². The highest BCUT2D eigenvalue weighted by atomic mass is 32.2. The second-order valence-corrected chi connectivity index (χ2v) is 5.86. The SMILES string of the molecule is COc1c(C)cnc(CS(=O)c2nccc(C)n2)c1C. The van der Waals surface area contributed by atoms with E-state index < -0.39 is 10.8 Å². The van der Waals surface area contributed by atoms with Crippen LogP contribution in [-0.4, -0.2) is 26.3 Å². The summed E-state index contributed by atoms with van der Waals surface area (Å²) in [5.41, 5.74) is 3.42. The quantitative estimate of drug-likeness (QED) is 0.807. The Hall–Kier alpha value is -1.82. The Morgan fingerprint density at radius 1 is 1.25 bits per heavy atom. The molecule has 2 aromatic heterocycles. The van der Waals surface area contributed by atoms with Crippen LogP contribution in [0.25, 0.3) is 0 Å². The van der Waals surface area contributed by atoms with Crippen molar-refractivity contribution in [2.75, 3.05) is 7.11 Å². The van der Waals surface area contributed by atoms with E-state index in [9.17, 15) is 4.21 Å². The average molecular weight is 291 g/mol. The van der Waals surface area contributed by atoms with Crippen LogP contribution in [0, 0.1) is 20.8 Å². The van der Waals surface area contributed by atoms with Crippen LogP contribution in [0.3, 0.4) is 0 Å². The van der Waals surface area contributed by atoms with Gasteiger partial charge in [-0.15, -0.1) is 0 Å². The highest BCUT2D eigenvalue weighted by Crippen LogP contribution is 2.25. The normalized spacial score (nSPS) is 12.2. The molecule has 2 heterocycles. The number of aromatic nitrogens is 3. The molecule has 6 heteroatoms. The molecule has 0 radical (unpaired) electrons. The molecule has 5 nitrogen and oxygen atoms in total. The van der Waals surface area contributed by atoms with E-state index in [1.165, 1.54) is 0 Å². The Kier molecular flexibility index (Phi) is 4.44. The van der Waals surface area contributed by atoms with Gasteiger partial charge in [-0.3, -0.25) is 9.19 Å². The first-order chi connectivity index (χ1) is 9.52. The van der Waals surface area contributed by atoms with Crippen LogP contribution < -0.4 is 4.74 Å². The van der Waals surface area contributed by atoms with Crippen LogP contribution in [0.1, 0.15) is 22.5 Å². The van der Waals surface area contributed by atoms with Crippen molar-refractivity contribution in [3.63, 3.8) is 0 Å². The van der Waals surface area contributed by atoms with Gasteiger partial charge in [0.2, 0.25) is 5.16 Å². The van der Waals surface area contributed by atoms with E-state index in [1.807, 2.05) is 20.8 Å². The summed E-state index contributed by atoms with van der Waals surface area (Å²) in [5.74, 6) is 1.07. The lowest BCUT2D eigenvalue weighted by Crippen LogP contribution is -2.07. The van der Waals surface area contributed by atoms with Crippen molar-refractivity contribution in [2.45, 2.75) is 31.7 Å². The number of nitrogens with zero attached hydrogens (tertiary/aromatic N) is 3. The summed E-state index contributed by atoms with van der Waals surface area (Å²) in [4.78, 5) is 12.6. The van der Waals surface area contributed by atoms with E-state index in [2.05, 4.69) is 15.0 Å². The van der Waals surface area contributed by atoms with Gasteiger partial charge in [-0.05, 0) is 26.8 Å². The molecule has 0 saturated carbocycles. The Labute approximate surface area is 120 Å². The monoisotopic (exact) mass is 291 g/mol. The molecule has 0 amide bonds. The fraction of sp³-hybridized carbons (Fsp3) is 0.357. The molecule has 20 heavy (non-hydrogen) atoms. The first-order valence-corrected chi connectivity index (χ1v) is 7.52. The lowest BCUT2D eigenvalue weighted by molar-refractivity contribution is 0.407. The van der Waals surface area contributed by atoms with E-state index in [4.69, 9.17) is 4.74 Å². The molecular formula is C14H17N3O2S. The maximum atomic E-state index is 12.3. The molecule has 0 fully saturated rings. The van der Waals surface area contributed by atoms with Crippen molar-refractivity contribution >= 4 is 10.8 Å². The number of rotatable bonds is 4. The lowest BCUT2D eigenvalue weighted by atomic mass is 10.1. The third-order valence-electron chi connectivity index (χ3n) is 2.99. The Morgan fingerprint density at radius 2 is 2.00 bits per heavy atom. The van der Waals surface area contributed by atoms with Gasteiger partial charge >= 0.3 is 0 Å². The standard InChI is InChI=1S/C14H17N3O2S/c1-9-7-16-12(11(3)13(9)19-4)8-20(18)14-15-6-5-10(2)17-14/h5-7H,8H2,1-4H3. The minimum Gasteiger partial charge on any atom is -0.496 e. The molecule has 0 N–H and O–H groups in total. The maximum Gasteiger partial charge on any atom is 0.219 e. The summed E-state index contributed by atoms with van der Waals surface area (Å²) in [6.45, 7) is 5.70. The van der Waals surface area contributed by atoms with Gasteiger partial charge in [0, 0.05) is 29.2 Å². The Balaban J connectivity index is 2.29. The third kappa shape index (κ3) is 3.01. The second kappa shape index (κ2) is 6.09. The van der Waals surface area contributed by atoms with E-state index in [-0.39, 0.29) is 5.75 Å². The summed E-state index contributed by atoms with van der Waals surface area (Å²) in [6, 6.07) is 1.78. The highest BCUT2D eigenvalue weighted by molar-refractivity contribution is 7.84. The van der Waals surface area contributed by atoms with Crippen molar-refractivity contribution in [3.8, 4) is 5.75 Å². The van der Waals surface area contributed by atoms with Gasteiger partial charge in [-0.2, -0.15) is 0 Å². The summed E-state index contributed by atoms with van der Waals surface area (Å²) in [7, 11) is 0.313. The number of pyridine rings is 1. The topological polar surface area (TPSA) is 65.0 Å². The Bertz CT molecular complexity index is 659.